The Balaban J connectivity index is 2.84. The van der Waals surface area contributed by atoms with Gasteiger partial charge in [-0.3, -0.25) is 11.5 Å². The Morgan fingerprint density at radius 3 is 2.67 bits per heavy atom. The third kappa shape index (κ3) is 3.73. The van der Waals surface area contributed by atoms with Crippen molar-refractivity contribution < 1.29 is 5.10 Å². The Morgan fingerprint density at radius 2 is 2.13 bits per heavy atom. The van der Waals surface area contributed by atoms with Crippen molar-refractivity contribution in [3.63, 3.8) is 0 Å². The molecule has 0 saturated heterocycles. The number of hydrazone groups is 1. The van der Waals surface area contributed by atoms with E-state index in [2.05, 4.69) is 30.1 Å². The number of nitrogens with two attached hydrogens (primary N) is 2. The van der Waals surface area contributed by atoms with E-state index >= 15 is 0 Å². The van der Waals surface area contributed by atoms with Crippen LogP contribution in [0, 0.1) is 5.41 Å². The molecule has 1 rings (SSSR count). The summed E-state index contributed by atoms with van der Waals surface area (Å²) >= 11 is 0. The van der Waals surface area contributed by atoms with Crippen LogP contribution in [-0.2, 0) is 0 Å². The first-order valence-electron chi connectivity index (χ1n) is 5.31. The van der Waals surface area contributed by atoms with Crippen LogP contribution in [-0.4, -0.2) is 11.7 Å². The molecule has 0 spiro atoms. The van der Waals surface area contributed by atoms with Gasteiger partial charge in [0.2, 0.25) is 0 Å². The van der Waals surface area contributed by atoms with E-state index in [1.165, 1.54) is 18.4 Å². The zero-order chi connectivity index (χ0) is 11.5. The van der Waals surface area contributed by atoms with E-state index in [0.717, 1.165) is 12.1 Å². The largest absolute Gasteiger partial charge is 0.362 e. The van der Waals surface area contributed by atoms with Gasteiger partial charge in [-0.1, -0.05) is 19.9 Å². The predicted octanol–water partition coefficient (Wildman–Crippen LogP) is -0.147. The van der Waals surface area contributed by atoms with Gasteiger partial charge in [0.1, 0.15) is 0 Å². The lowest BCUT2D eigenvalue weighted by molar-refractivity contribution is -0.464. The minimum atomic E-state index is 0.130. The average molecular weight is 209 g/mol. The SMILES string of the molecule is CC(=N[NH+]=C(N)N)C1=CC(C)(C)CCC1. The third-order valence-electron chi connectivity index (χ3n) is 2.65. The molecule has 15 heavy (non-hydrogen) atoms. The lowest BCUT2D eigenvalue weighted by Crippen LogP contribution is -2.72. The summed E-state index contributed by atoms with van der Waals surface area (Å²) in [4.78, 5) is 0. The van der Waals surface area contributed by atoms with Gasteiger partial charge in [0, 0.05) is 0 Å². The van der Waals surface area contributed by atoms with Gasteiger partial charge in [0.25, 0.3) is 0 Å². The Bertz CT molecular complexity index is 319. The maximum Gasteiger partial charge on any atom is 0.362 e. The van der Waals surface area contributed by atoms with Gasteiger partial charge in [0.15, 0.2) is 0 Å². The second-order valence-electron chi connectivity index (χ2n) is 4.78. The number of hydrogen-bond donors (Lipinski definition) is 3. The number of nitrogens with one attached hydrogen (secondary N) is 1. The highest BCUT2D eigenvalue weighted by Crippen LogP contribution is 2.33. The van der Waals surface area contributed by atoms with Crippen molar-refractivity contribution >= 4 is 11.7 Å². The van der Waals surface area contributed by atoms with Crippen LogP contribution in [0.2, 0.25) is 0 Å². The van der Waals surface area contributed by atoms with Crippen molar-refractivity contribution in [3.05, 3.63) is 11.6 Å². The molecule has 0 amide bonds. The van der Waals surface area contributed by atoms with Crippen LogP contribution < -0.4 is 16.6 Å². The molecule has 5 N–H and O–H groups in total. The smallest absolute Gasteiger partial charge is 0.289 e. The Morgan fingerprint density at radius 1 is 1.47 bits per heavy atom. The van der Waals surface area contributed by atoms with Crippen molar-refractivity contribution in [2.75, 3.05) is 0 Å². The van der Waals surface area contributed by atoms with E-state index < -0.39 is 0 Å². The first-order valence-corrected chi connectivity index (χ1v) is 5.31. The first-order chi connectivity index (χ1) is 6.91. The molecule has 0 bridgehead atoms. The minimum absolute atomic E-state index is 0.130. The molecule has 0 aromatic carbocycles. The second-order valence-corrected chi connectivity index (χ2v) is 4.78. The zero-order valence-electron chi connectivity index (χ0n) is 9.80. The molecule has 4 nitrogen and oxygen atoms in total. The highest BCUT2D eigenvalue weighted by atomic mass is 15.3. The fraction of sp³-hybridized carbons (Fsp3) is 0.636. The van der Waals surface area contributed by atoms with Crippen molar-refractivity contribution in [1.29, 1.82) is 0 Å². The van der Waals surface area contributed by atoms with E-state index in [0.29, 0.717) is 0 Å². The van der Waals surface area contributed by atoms with Crippen LogP contribution in [0.25, 0.3) is 0 Å². The molecular weight excluding hydrogens is 188 g/mol. The summed E-state index contributed by atoms with van der Waals surface area (Å²) in [6.07, 6.45) is 5.84. The van der Waals surface area contributed by atoms with Crippen molar-refractivity contribution in [1.82, 2.24) is 0 Å². The van der Waals surface area contributed by atoms with Gasteiger partial charge in [-0.15, -0.1) is 5.10 Å². The van der Waals surface area contributed by atoms with Gasteiger partial charge in [0.05, 0.1) is 5.71 Å². The molecule has 0 atom stereocenters. The molecule has 0 saturated carbocycles. The summed E-state index contributed by atoms with van der Waals surface area (Å²) in [6, 6.07) is 0. The van der Waals surface area contributed by atoms with Crippen LogP contribution in [0.15, 0.2) is 16.8 Å². The van der Waals surface area contributed by atoms with E-state index in [4.69, 9.17) is 11.5 Å². The lowest BCUT2D eigenvalue weighted by Gasteiger charge is -2.27. The standard InChI is InChI=1S/C11H20N4/c1-8(14-15-10(12)13)9-5-4-6-11(2,3)7-9/h7H,4-6H2,1-3H3,(H4,12,13,15)/p+1. The van der Waals surface area contributed by atoms with E-state index in [9.17, 15) is 0 Å². The van der Waals surface area contributed by atoms with Crippen LogP contribution in [0.4, 0.5) is 0 Å². The molecule has 0 aromatic heterocycles. The zero-order valence-corrected chi connectivity index (χ0v) is 9.80. The van der Waals surface area contributed by atoms with Gasteiger partial charge in [-0.05, 0) is 37.2 Å². The monoisotopic (exact) mass is 209 g/mol. The van der Waals surface area contributed by atoms with Gasteiger partial charge >= 0.3 is 5.96 Å². The Labute approximate surface area is 91.1 Å². The molecular formula is C11H21N4+. The molecule has 1 aliphatic rings. The molecule has 0 heterocycles. The van der Waals surface area contributed by atoms with Crippen molar-refractivity contribution in [3.8, 4) is 0 Å². The summed E-state index contributed by atoms with van der Waals surface area (Å²) in [5, 5.41) is 6.71. The summed E-state index contributed by atoms with van der Waals surface area (Å²) < 4.78 is 0. The molecule has 0 unspecified atom stereocenters. The van der Waals surface area contributed by atoms with Gasteiger partial charge < -0.3 is 0 Å². The third-order valence-corrected chi connectivity index (χ3v) is 2.65. The molecule has 4 heteroatoms. The predicted molar refractivity (Wildman–Crippen MR) is 63.2 cm³/mol. The molecule has 84 valence electrons. The highest BCUT2D eigenvalue weighted by molar-refractivity contribution is 5.98. The quantitative estimate of drug-likeness (QED) is 0.336. The average Bonchev–Trinajstić information content (AvgIpc) is 2.12. The number of guanidine groups is 1. The van der Waals surface area contributed by atoms with Crippen LogP contribution in [0.1, 0.15) is 40.0 Å². The normalized spacial score (nSPS) is 20.7. The Kier molecular flexibility index (Phi) is 3.50. The van der Waals surface area contributed by atoms with E-state index in [1.54, 1.807) is 0 Å². The maximum absolute atomic E-state index is 5.28. The minimum Gasteiger partial charge on any atom is -0.289 e. The lowest BCUT2D eigenvalue weighted by atomic mass is 9.79. The number of hydrogen-bond acceptors (Lipinski definition) is 1. The molecule has 0 aromatic rings. The second kappa shape index (κ2) is 4.47. The van der Waals surface area contributed by atoms with E-state index in [-0.39, 0.29) is 11.4 Å². The number of rotatable bonds is 2. The van der Waals surface area contributed by atoms with Crippen LogP contribution in [0.3, 0.4) is 0 Å². The fourth-order valence-corrected chi connectivity index (χ4v) is 1.86. The van der Waals surface area contributed by atoms with E-state index in [1.807, 2.05) is 6.92 Å². The van der Waals surface area contributed by atoms with Crippen LogP contribution in [0.5, 0.6) is 0 Å². The Hall–Kier alpha value is -1.32. The van der Waals surface area contributed by atoms with Crippen molar-refractivity contribution in [2.24, 2.45) is 22.0 Å². The van der Waals surface area contributed by atoms with Gasteiger partial charge in [-0.25, -0.2) is 0 Å². The van der Waals surface area contributed by atoms with Gasteiger partial charge in [-0.2, -0.15) is 5.10 Å². The summed E-state index contributed by atoms with van der Waals surface area (Å²) in [5.74, 6) is 0.130. The number of allylic oxidation sites excluding steroid dienone is 2. The molecule has 0 radical (unpaired) electrons. The first kappa shape index (κ1) is 11.8. The summed E-state index contributed by atoms with van der Waals surface area (Å²) in [7, 11) is 0. The highest BCUT2D eigenvalue weighted by Gasteiger charge is 2.21. The molecule has 0 aliphatic heterocycles. The van der Waals surface area contributed by atoms with Crippen molar-refractivity contribution in [2.45, 2.75) is 40.0 Å². The molecule has 1 aliphatic carbocycles. The summed E-state index contributed by atoms with van der Waals surface area (Å²) in [6.45, 7) is 6.47. The fourth-order valence-electron chi connectivity index (χ4n) is 1.86. The van der Waals surface area contributed by atoms with Crippen LogP contribution >= 0.6 is 0 Å². The summed E-state index contributed by atoms with van der Waals surface area (Å²) in [5.41, 5.74) is 13.1. The number of nitrogens with zero attached hydrogens (tertiary/aromatic N) is 1. The molecule has 0 fully saturated rings. The topological polar surface area (TPSA) is 78.4 Å². The maximum atomic E-state index is 5.28.